The molecular weight excluding hydrogens is 160 g/mol. The Hall–Kier alpha value is -1.10. The van der Waals surface area contributed by atoms with Crippen molar-refractivity contribution < 1.29 is 9.63 Å². The number of oxime groups is 1. The molecule has 0 saturated carbocycles. The van der Waals surface area contributed by atoms with Crippen LogP contribution in [0.1, 0.15) is 26.2 Å². The Morgan fingerprint density at radius 1 is 1.67 bits per heavy atom. The molecule has 5 heteroatoms. The first-order chi connectivity index (χ1) is 5.70. The predicted molar refractivity (Wildman–Crippen MR) is 43.1 cm³/mol. The van der Waals surface area contributed by atoms with Gasteiger partial charge >= 0.3 is 5.97 Å². The summed E-state index contributed by atoms with van der Waals surface area (Å²) >= 11 is 0. The quantitative estimate of drug-likeness (QED) is 0.433. The van der Waals surface area contributed by atoms with Gasteiger partial charge in [0.05, 0.1) is 0 Å². The molecule has 0 aliphatic carbocycles. The van der Waals surface area contributed by atoms with Gasteiger partial charge in [0, 0.05) is 19.9 Å². The standard InChI is InChI=1S/C7H11N2O3/c1-6(10)12-8-7-4-2-3-5-9(7)11/h2-5H2,1H3/q-1/b8-7+. The monoisotopic (exact) mass is 171 g/mol. The third-order valence-electron chi connectivity index (χ3n) is 1.58. The molecule has 1 heterocycles. The minimum atomic E-state index is -0.499. The molecule has 1 rings (SSSR count). The van der Waals surface area contributed by atoms with E-state index in [1.165, 1.54) is 6.92 Å². The lowest BCUT2D eigenvalue weighted by atomic mass is 10.1. The van der Waals surface area contributed by atoms with Crippen LogP contribution in [0.4, 0.5) is 0 Å². The fraction of sp³-hybridized carbons (Fsp3) is 0.714. The lowest BCUT2D eigenvalue weighted by molar-refractivity contribution is -0.141. The highest BCUT2D eigenvalue weighted by Crippen LogP contribution is 2.10. The van der Waals surface area contributed by atoms with E-state index in [1.54, 1.807) is 0 Å². The Balaban J connectivity index is 2.47. The second kappa shape index (κ2) is 4.06. The molecule has 0 aromatic heterocycles. The lowest BCUT2D eigenvalue weighted by Gasteiger charge is -2.34. The highest BCUT2D eigenvalue weighted by atomic mass is 16.7. The number of nitrogens with zero attached hydrogens (tertiary/aromatic N) is 2. The molecule has 1 aliphatic heterocycles. The van der Waals surface area contributed by atoms with Gasteiger partial charge in [0.1, 0.15) is 5.84 Å². The number of piperidine rings is 1. The molecule has 0 atom stereocenters. The van der Waals surface area contributed by atoms with E-state index >= 15 is 0 Å². The van der Waals surface area contributed by atoms with E-state index in [0.717, 1.165) is 17.9 Å². The van der Waals surface area contributed by atoms with E-state index in [-0.39, 0.29) is 0 Å². The average molecular weight is 171 g/mol. The molecule has 0 aromatic carbocycles. The van der Waals surface area contributed by atoms with Crippen LogP contribution in [0.3, 0.4) is 0 Å². The number of rotatable bonds is 1. The Morgan fingerprint density at radius 3 is 3.00 bits per heavy atom. The highest BCUT2D eigenvalue weighted by Gasteiger charge is 2.09. The van der Waals surface area contributed by atoms with Gasteiger partial charge in [-0.3, -0.25) is 0 Å². The van der Waals surface area contributed by atoms with E-state index in [4.69, 9.17) is 0 Å². The third kappa shape index (κ3) is 2.50. The number of hydroxylamine groups is 2. The number of hydrogen-bond donors (Lipinski definition) is 0. The topological polar surface area (TPSA) is 65.0 Å². The zero-order chi connectivity index (χ0) is 8.97. The second-order valence-corrected chi connectivity index (χ2v) is 2.65. The SMILES string of the molecule is CC(=O)O/N=C1\CCCCN1[O-]. The summed E-state index contributed by atoms with van der Waals surface area (Å²) in [6.07, 6.45) is 2.40. The molecule has 12 heavy (non-hydrogen) atoms. The van der Waals surface area contributed by atoms with E-state index in [1.807, 2.05) is 0 Å². The molecular formula is C7H11N2O3-. The van der Waals surface area contributed by atoms with Gasteiger partial charge in [-0.1, -0.05) is 5.16 Å². The van der Waals surface area contributed by atoms with Crippen molar-refractivity contribution in [3.8, 4) is 0 Å². The molecule has 0 spiro atoms. The van der Waals surface area contributed by atoms with Crippen molar-refractivity contribution in [3.05, 3.63) is 5.21 Å². The van der Waals surface area contributed by atoms with Gasteiger partial charge in [0.2, 0.25) is 0 Å². The van der Waals surface area contributed by atoms with E-state index in [9.17, 15) is 10.0 Å². The number of carbonyl (C=O) groups excluding carboxylic acids is 1. The smallest absolute Gasteiger partial charge is 0.332 e. The van der Waals surface area contributed by atoms with Crippen LogP contribution in [0.2, 0.25) is 0 Å². The predicted octanol–water partition coefficient (Wildman–Crippen LogP) is 0.847. The minimum absolute atomic E-state index is 0.316. The Kier molecular flexibility index (Phi) is 3.04. The van der Waals surface area contributed by atoms with Crippen molar-refractivity contribution in [2.75, 3.05) is 6.54 Å². The van der Waals surface area contributed by atoms with Gasteiger partial charge in [0.25, 0.3) is 0 Å². The van der Waals surface area contributed by atoms with Crippen molar-refractivity contribution in [1.82, 2.24) is 5.06 Å². The summed E-state index contributed by atoms with van der Waals surface area (Å²) in [4.78, 5) is 14.7. The summed E-state index contributed by atoms with van der Waals surface area (Å²) in [5, 5.41) is 15.2. The molecule has 1 aliphatic rings. The molecule has 1 saturated heterocycles. The first-order valence-corrected chi connectivity index (χ1v) is 3.89. The Bertz CT molecular complexity index is 203. The summed E-state index contributed by atoms with van der Waals surface area (Å²) in [5.41, 5.74) is 0. The van der Waals surface area contributed by atoms with Crippen LogP contribution >= 0.6 is 0 Å². The number of carbonyl (C=O) groups is 1. The summed E-state index contributed by atoms with van der Waals surface area (Å²) in [5.74, 6) is -0.182. The Labute approximate surface area is 70.6 Å². The maximum absolute atomic E-state index is 11.0. The van der Waals surface area contributed by atoms with Gasteiger partial charge in [-0.15, -0.1) is 0 Å². The lowest BCUT2D eigenvalue weighted by Crippen LogP contribution is -2.30. The molecule has 1 fully saturated rings. The summed E-state index contributed by atoms with van der Waals surface area (Å²) in [6, 6.07) is 0. The van der Waals surface area contributed by atoms with Crippen molar-refractivity contribution in [2.24, 2.45) is 5.16 Å². The fourth-order valence-electron chi connectivity index (χ4n) is 1.00. The largest absolute Gasteiger partial charge is 0.757 e. The third-order valence-corrected chi connectivity index (χ3v) is 1.58. The van der Waals surface area contributed by atoms with Gasteiger partial charge in [0.15, 0.2) is 0 Å². The summed E-state index contributed by atoms with van der Waals surface area (Å²) < 4.78 is 0. The van der Waals surface area contributed by atoms with Gasteiger partial charge < -0.3 is 15.1 Å². The second-order valence-electron chi connectivity index (χ2n) is 2.65. The number of amidine groups is 1. The first-order valence-electron chi connectivity index (χ1n) is 3.89. The molecule has 0 radical (unpaired) electrons. The molecule has 68 valence electrons. The molecule has 5 nitrogen and oxygen atoms in total. The van der Waals surface area contributed by atoms with Crippen molar-refractivity contribution >= 4 is 11.8 Å². The summed E-state index contributed by atoms with van der Waals surface area (Å²) in [7, 11) is 0. The van der Waals surface area contributed by atoms with Crippen LogP contribution in [-0.2, 0) is 9.63 Å². The molecule has 0 aromatic rings. The van der Waals surface area contributed by atoms with Crippen molar-refractivity contribution in [2.45, 2.75) is 26.2 Å². The van der Waals surface area contributed by atoms with Gasteiger partial charge in [-0.25, -0.2) is 4.79 Å². The van der Waals surface area contributed by atoms with Crippen LogP contribution in [0.5, 0.6) is 0 Å². The average Bonchev–Trinajstić information content (AvgIpc) is 2.03. The van der Waals surface area contributed by atoms with Gasteiger partial charge in [-0.05, 0) is 12.8 Å². The zero-order valence-electron chi connectivity index (χ0n) is 6.95. The van der Waals surface area contributed by atoms with Crippen LogP contribution in [0.15, 0.2) is 5.16 Å². The summed E-state index contributed by atoms with van der Waals surface area (Å²) in [6.45, 7) is 1.70. The fourth-order valence-corrected chi connectivity index (χ4v) is 1.00. The highest BCUT2D eigenvalue weighted by molar-refractivity contribution is 5.83. The molecule has 0 unspecified atom stereocenters. The molecule has 0 N–H and O–H groups in total. The first kappa shape index (κ1) is 8.99. The zero-order valence-corrected chi connectivity index (χ0v) is 6.95. The van der Waals surface area contributed by atoms with E-state index in [0.29, 0.717) is 18.8 Å². The minimum Gasteiger partial charge on any atom is -0.757 e. The maximum Gasteiger partial charge on any atom is 0.332 e. The Morgan fingerprint density at radius 2 is 2.42 bits per heavy atom. The van der Waals surface area contributed by atoms with Gasteiger partial charge in [-0.2, -0.15) is 0 Å². The van der Waals surface area contributed by atoms with E-state index in [2.05, 4.69) is 9.99 Å². The van der Waals surface area contributed by atoms with Crippen LogP contribution < -0.4 is 0 Å². The normalized spacial score (nSPS) is 21.2. The van der Waals surface area contributed by atoms with Crippen molar-refractivity contribution in [1.29, 1.82) is 0 Å². The maximum atomic E-state index is 11.0. The van der Waals surface area contributed by atoms with Crippen molar-refractivity contribution in [3.63, 3.8) is 0 Å². The number of hydrogen-bond acceptors (Lipinski definition) is 4. The van der Waals surface area contributed by atoms with E-state index < -0.39 is 5.97 Å². The molecule has 0 bridgehead atoms. The van der Waals surface area contributed by atoms with Crippen LogP contribution in [0, 0.1) is 5.21 Å². The molecule has 0 amide bonds. The van der Waals surface area contributed by atoms with Crippen LogP contribution in [-0.4, -0.2) is 23.4 Å². The van der Waals surface area contributed by atoms with Crippen LogP contribution in [0.25, 0.3) is 0 Å².